The number of esters is 1. The molecular formula is C16H24N2O2. The number of benzene rings is 1. The highest BCUT2D eigenvalue weighted by Crippen LogP contribution is 2.29. The van der Waals surface area contributed by atoms with E-state index in [1.807, 2.05) is 12.1 Å². The number of hydrogen-bond acceptors (Lipinski definition) is 4. The molecule has 1 fully saturated rings. The summed E-state index contributed by atoms with van der Waals surface area (Å²) in [5, 5.41) is 0. The SMILES string of the molecule is CCCC1CCN(c2ccc(N)cc2C(=O)OC)CC1. The number of carbonyl (C=O) groups is 1. The first-order valence-corrected chi connectivity index (χ1v) is 7.38. The molecule has 1 aromatic carbocycles. The molecule has 1 saturated heterocycles. The zero-order valence-corrected chi connectivity index (χ0v) is 12.4. The third-order valence-corrected chi connectivity index (χ3v) is 4.08. The molecule has 20 heavy (non-hydrogen) atoms. The zero-order chi connectivity index (χ0) is 14.5. The van der Waals surface area contributed by atoms with E-state index in [0.29, 0.717) is 11.3 Å². The van der Waals surface area contributed by atoms with Crippen molar-refractivity contribution >= 4 is 17.3 Å². The van der Waals surface area contributed by atoms with Crippen molar-refractivity contribution in [2.24, 2.45) is 5.92 Å². The lowest BCUT2D eigenvalue weighted by Crippen LogP contribution is -2.34. The number of anilines is 2. The summed E-state index contributed by atoms with van der Waals surface area (Å²) in [5.74, 6) is 0.509. The van der Waals surface area contributed by atoms with Gasteiger partial charge in [-0.25, -0.2) is 4.79 Å². The molecule has 4 heteroatoms. The largest absolute Gasteiger partial charge is 0.465 e. The molecule has 2 N–H and O–H groups in total. The van der Waals surface area contributed by atoms with Gasteiger partial charge in [-0.05, 0) is 37.0 Å². The molecule has 2 rings (SSSR count). The summed E-state index contributed by atoms with van der Waals surface area (Å²) < 4.78 is 4.86. The first-order chi connectivity index (χ1) is 9.65. The van der Waals surface area contributed by atoms with Crippen LogP contribution in [0.15, 0.2) is 18.2 Å². The van der Waals surface area contributed by atoms with E-state index in [1.54, 1.807) is 6.07 Å². The fourth-order valence-electron chi connectivity index (χ4n) is 2.97. The van der Waals surface area contributed by atoms with Crippen molar-refractivity contribution in [3.63, 3.8) is 0 Å². The Morgan fingerprint density at radius 3 is 2.70 bits per heavy atom. The van der Waals surface area contributed by atoms with Gasteiger partial charge in [0.25, 0.3) is 0 Å². The van der Waals surface area contributed by atoms with Crippen LogP contribution in [0.3, 0.4) is 0 Å². The predicted molar refractivity (Wildman–Crippen MR) is 82.0 cm³/mol. The number of rotatable bonds is 4. The second-order valence-electron chi connectivity index (χ2n) is 5.49. The first kappa shape index (κ1) is 14.7. The fourth-order valence-corrected chi connectivity index (χ4v) is 2.97. The van der Waals surface area contributed by atoms with Crippen LogP contribution in [0.2, 0.25) is 0 Å². The number of carbonyl (C=O) groups excluding carboxylic acids is 1. The van der Waals surface area contributed by atoms with Gasteiger partial charge in [0.2, 0.25) is 0 Å². The Balaban J connectivity index is 2.15. The van der Waals surface area contributed by atoms with Crippen LogP contribution in [0.25, 0.3) is 0 Å². The molecule has 4 nitrogen and oxygen atoms in total. The van der Waals surface area contributed by atoms with Crippen LogP contribution >= 0.6 is 0 Å². The Morgan fingerprint density at radius 2 is 2.10 bits per heavy atom. The van der Waals surface area contributed by atoms with Gasteiger partial charge in [0.05, 0.1) is 18.4 Å². The molecule has 0 atom stereocenters. The van der Waals surface area contributed by atoms with Gasteiger partial charge in [-0.2, -0.15) is 0 Å². The molecule has 0 radical (unpaired) electrons. The fraction of sp³-hybridized carbons (Fsp3) is 0.562. The minimum Gasteiger partial charge on any atom is -0.465 e. The van der Waals surface area contributed by atoms with Crippen molar-refractivity contribution in [3.8, 4) is 0 Å². The maximum absolute atomic E-state index is 11.9. The lowest BCUT2D eigenvalue weighted by Gasteiger charge is -2.34. The highest BCUT2D eigenvalue weighted by atomic mass is 16.5. The van der Waals surface area contributed by atoms with E-state index < -0.39 is 0 Å². The molecule has 0 bridgehead atoms. The van der Waals surface area contributed by atoms with Gasteiger partial charge in [-0.3, -0.25) is 0 Å². The number of methoxy groups -OCH3 is 1. The quantitative estimate of drug-likeness (QED) is 0.678. The van der Waals surface area contributed by atoms with E-state index in [0.717, 1.165) is 24.7 Å². The predicted octanol–water partition coefficient (Wildman–Crippen LogP) is 3.07. The molecule has 0 unspecified atom stereocenters. The maximum atomic E-state index is 11.9. The van der Waals surface area contributed by atoms with Crippen LogP contribution in [0.5, 0.6) is 0 Å². The van der Waals surface area contributed by atoms with Gasteiger partial charge in [-0.15, -0.1) is 0 Å². The molecule has 0 aromatic heterocycles. The number of nitrogens with two attached hydrogens (primary N) is 1. The second-order valence-corrected chi connectivity index (χ2v) is 5.49. The van der Waals surface area contributed by atoms with Crippen LogP contribution in [0, 0.1) is 5.92 Å². The Bertz CT molecular complexity index is 466. The van der Waals surface area contributed by atoms with Gasteiger partial charge in [0, 0.05) is 18.8 Å². The molecule has 0 aliphatic carbocycles. The second kappa shape index (κ2) is 6.64. The lowest BCUT2D eigenvalue weighted by atomic mass is 9.92. The van der Waals surface area contributed by atoms with E-state index in [1.165, 1.54) is 32.8 Å². The van der Waals surface area contributed by atoms with Crippen LogP contribution in [0.4, 0.5) is 11.4 Å². The highest BCUT2D eigenvalue weighted by Gasteiger charge is 2.22. The van der Waals surface area contributed by atoms with E-state index in [2.05, 4.69) is 11.8 Å². The van der Waals surface area contributed by atoms with Gasteiger partial charge in [0.1, 0.15) is 0 Å². The monoisotopic (exact) mass is 276 g/mol. The Kier molecular flexibility index (Phi) is 4.88. The molecule has 110 valence electrons. The first-order valence-electron chi connectivity index (χ1n) is 7.38. The Labute approximate surface area is 120 Å². The summed E-state index contributed by atoms with van der Waals surface area (Å²) >= 11 is 0. The molecule has 0 amide bonds. The van der Waals surface area contributed by atoms with Crippen molar-refractivity contribution < 1.29 is 9.53 Å². The summed E-state index contributed by atoms with van der Waals surface area (Å²) in [6.07, 6.45) is 4.94. The molecular weight excluding hydrogens is 252 g/mol. The molecule has 1 aromatic rings. The molecule has 1 aliphatic heterocycles. The number of nitrogens with zero attached hydrogens (tertiary/aromatic N) is 1. The van der Waals surface area contributed by atoms with E-state index in [4.69, 9.17) is 10.5 Å². The minimum absolute atomic E-state index is 0.317. The van der Waals surface area contributed by atoms with E-state index >= 15 is 0 Å². The normalized spacial score (nSPS) is 16.2. The zero-order valence-electron chi connectivity index (χ0n) is 12.4. The van der Waals surface area contributed by atoms with Gasteiger partial charge >= 0.3 is 5.97 Å². The lowest BCUT2D eigenvalue weighted by molar-refractivity contribution is 0.0601. The third-order valence-electron chi connectivity index (χ3n) is 4.08. The summed E-state index contributed by atoms with van der Waals surface area (Å²) in [5.41, 5.74) is 7.89. The van der Waals surface area contributed by atoms with Crippen molar-refractivity contribution in [3.05, 3.63) is 23.8 Å². The average Bonchev–Trinajstić information content (AvgIpc) is 2.47. The van der Waals surface area contributed by atoms with Crippen LogP contribution in [0.1, 0.15) is 43.0 Å². The Hall–Kier alpha value is -1.71. The summed E-state index contributed by atoms with van der Waals surface area (Å²) in [6, 6.07) is 5.49. The maximum Gasteiger partial charge on any atom is 0.340 e. The van der Waals surface area contributed by atoms with Crippen molar-refractivity contribution in [1.29, 1.82) is 0 Å². The number of ether oxygens (including phenoxy) is 1. The van der Waals surface area contributed by atoms with Crippen LogP contribution in [-0.2, 0) is 4.74 Å². The van der Waals surface area contributed by atoms with Crippen LogP contribution < -0.4 is 10.6 Å². The number of hydrogen-bond donors (Lipinski definition) is 1. The van der Waals surface area contributed by atoms with Gasteiger partial charge in [0.15, 0.2) is 0 Å². The number of nitrogen functional groups attached to an aromatic ring is 1. The summed E-state index contributed by atoms with van der Waals surface area (Å²) in [4.78, 5) is 14.2. The van der Waals surface area contributed by atoms with Crippen molar-refractivity contribution in [2.45, 2.75) is 32.6 Å². The van der Waals surface area contributed by atoms with Gasteiger partial charge < -0.3 is 15.4 Å². The number of piperidine rings is 1. The minimum atomic E-state index is -0.317. The average molecular weight is 276 g/mol. The third kappa shape index (κ3) is 3.24. The molecule has 0 spiro atoms. The topological polar surface area (TPSA) is 55.6 Å². The summed E-state index contributed by atoms with van der Waals surface area (Å²) in [7, 11) is 1.41. The van der Waals surface area contributed by atoms with Crippen molar-refractivity contribution in [2.75, 3.05) is 30.8 Å². The summed E-state index contributed by atoms with van der Waals surface area (Å²) in [6.45, 7) is 4.23. The highest BCUT2D eigenvalue weighted by molar-refractivity contribution is 5.97. The molecule has 0 saturated carbocycles. The van der Waals surface area contributed by atoms with Gasteiger partial charge in [-0.1, -0.05) is 19.8 Å². The van der Waals surface area contributed by atoms with E-state index in [9.17, 15) is 4.79 Å². The smallest absolute Gasteiger partial charge is 0.340 e. The molecule has 1 aliphatic rings. The Morgan fingerprint density at radius 1 is 1.40 bits per heavy atom. The van der Waals surface area contributed by atoms with E-state index in [-0.39, 0.29) is 5.97 Å². The van der Waals surface area contributed by atoms with Crippen molar-refractivity contribution in [1.82, 2.24) is 0 Å². The van der Waals surface area contributed by atoms with Crippen LogP contribution in [-0.4, -0.2) is 26.2 Å². The standard InChI is InChI=1S/C16H24N2O2/c1-3-4-12-7-9-18(10-8-12)15-6-5-13(17)11-14(15)16(19)20-2/h5-6,11-12H,3-4,7-10,17H2,1-2H3. The molecule has 1 heterocycles.